The minimum Gasteiger partial charge on any atom is -0.463 e. The third kappa shape index (κ3) is 5.73. The number of aryl methyl sites for hydroxylation is 2. The van der Waals surface area contributed by atoms with Crippen molar-refractivity contribution in [3.63, 3.8) is 0 Å². The van der Waals surface area contributed by atoms with Crippen LogP contribution in [0.1, 0.15) is 31.4 Å². The highest BCUT2D eigenvalue weighted by atomic mass is 16.5. The molecule has 0 atom stereocenters. The lowest BCUT2D eigenvalue weighted by Gasteiger charge is -2.08. The van der Waals surface area contributed by atoms with E-state index >= 15 is 0 Å². The monoisotopic (exact) mass is 277 g/mol. The molecule has 0 aliphatic carbocycles. The lowest BCUT2D eigenvalue weighted by Crippen LogP contribution is -2.23. The Morgan fingerprint density at radius 2 is 2.05 bits per heavy atom. The van der Waals surface area contributed by atoms with Gasteiger partial charge in [-0.15, -0.1) is 0 Å². The Bertz CT molecular complexity index is 496. The molecule has 110 valence electrons. The lowest BCUT2D eigenvalue weighted by molar-refractivity contribution is -0.147. The summed E-state index contributed by atoms with van der Waals surface area (Å²) in [5.74, 6) is 0.0355. The minimum atomic E-state index is -0.261. The average molecular weight is 277 g/mol. The zero-order valence-corrected chi connectivity index (χ0v) is 12.6. The normalized spacial score (nSPS) is 11.6. The summed E-state index contributed by atoms with van der Waals surface area (Å²) in [6, 6.07) is 5.97. The predicted molar refractivity (Wildman–Crippen MR) is 81.9 cm³/mol. The number of guanidine groups is 1. The zero-order chi connectivity index (χ0) is 15.1. The molecule has 5 heteroatoms. The number of hydrogen-bond acceptors (Lipinski definition) is 3. The van der Waals surface area contributed by atoms with Gasteiger partial charge in [-0.25, -0.2) is 0 Å². The van der Waals surface area contributed by atoms with Gasteiger partial charge < -0.3 is 15.8 Å². The van der Waals surface area contributed by atoms with E-state index in [1.807, 2.05) is 39.0 Å². The number of carbonyl (C=O) groups is 1. The highest BCUT2D eigenvalue weighted by Gasteiger charge is 2.04. The second-order valence-corrected chi connectivity index (χ2v) is 4.98. The Morgan fingerprint density at radius 1 is 1.35 bits per heavy atom. The summed E-state index contributed by atoms with van der Waals surface area (Å²) in [5, 5.41) is 3.00. The van der Waals surface area contributed by atoms with Crippen LogP contribution in [0.2, 0.25) is 0 Å². The number of rotatable bonds is 5. The number of hydrogen-bond donors (Lipinski definition) is 2. The van der Waals surface area contributed by atoms with Gasteiger partial charge in [0.25, 0.3) is 0 Å². The first-order valence-corrected chi connectivity index (χ1v) is 6.72. The highest BCUT2D eigenvalue weighted by Crippen LogP contribution is 2.13. The van der Waals surface area contributed by atoms with Crippen molar-refractivity contribution in [2.75, 3.05) is 11.9 Å². The van der Waals surface area contributed by atoms with E-state index in [4.69, 9.17) is 10.5 Å². The maximum Gasteiger partial charge on any atom is 0.307 e. The van der Waals surface area contributed by atoms with Crippen molar-refractivity contribution in [2.45, 2.75) is 40.2 Å². The van der Waals surface area contributed by atoms with Crippen LogP contribution in [0, 0.1) is 13.8 Å². The Balaban J connectivity index is 2.45. The number of ether oxygens (including phenoxy) is 1. The molecular weight excluding hydrogens is 254 g/mol. The van der Waals surface area contributed by atoms with Crippen molar-refractivity contribution in [1.29, 1.82) is 0 Å². The van der Waals surface area contributed by atoms with Gasteiger partial charge in [-0.2, -0.15) is 0 Å². The molecule has 0 aliphatic heterocycles. The molecule has 20 heavy (non-hydrogen) atoms. The van der Waals surface area contributed by atoms with Gasteiger partial charge in [0.1, 0.15) is 0 Å². The van der Waals surface area contributed by atoms with Crippen LogP contribution in [0.25, 0.3) is 0 Å². The van der Waals surface area contributed by atoms with E-state index in [2.05, 4.69) is 17.2 Å². The number of nitrogens with one attached hydrogen (secondary N) is 1. The summed E-state index contributed by atoms with van der Waals surface area (Å²) in [6.07, 6.45) is 0.130. The zero-order valence-electron chi connectivity index (χ0n) is 12.6. The fraction of sp³-hybridized carbons (Fsp3) is 0.467. The third-order valence-electron chi connectivity index (χ3n) is 2.74. The fourth-order valence-corrected chi connectivity index (χ4v) is 1.60. The van der Waals surface area contributed by atoms with Crippen LogP contribution >= 0.6 is 0 Å². The summed E-state index contributed by atoms with van der Waals surface area (Å²) in [7, 11) is 0. The smallest absolute Gasteiger partial charge is 0.307 e. The molecular formula is C15H23N3O2. The SMILES string of the molecule is Cc1ccc(NC(N)=NCCC(=O)OC(C)C)cc1C. The summed E-state index contributed by atoms with van der Waals surface area (Å²) in [4.78, 5) is 15.4. The van der Waals surface area contributed by atoms with Crippen LogP contribution in [-0.2, 0) is 9.53 Å². The first kappa shape index (κ1) is 16.0. The molecule has 0 aromatic heterocycles. The van der Waals surface area contributed by atoms with Crippen LogP contribution in [0.3, 0.4) is 0 Å². The van der Waals surface area contributed by atoms with Gasteiger partial charge in [-0.3, -0.25) is 9.79 Å². The Labute approximate surface area is 120 Å². The van der Waals surface area contributed by atoms with E-state index in [0.29, 0.717) is 12.5 Å². The van der Waals surface area contributed by atoms with Crippen molar-refractivity contribution in [3.05, 3.63) is 29.3 Å². The summed E-state index contributed by atoms with van der Waals surface area (Å²) in [5.41, 5.74) is 9.06. The van der Waals surface area contributed by atoms with Gasteiger partial charge in [-0.1, -0.05) is 6.07 Å². The Morgan fingerprint density at radius 3 is 2.65 bits per heavy atom. The number of carbonyl (C=O) groups excluding carboxylic acids is 1. The third-order valence-corrected chi connectivity index (χ3v) is 2.74. The van der Waals surface area contributed by atoms with Crippen LogP contribution in [0.15, 0.2) is 23.2 Å². The van der Waals surface area contributed by atoms with Crippen LogP contribution in [-0.4, -0.2) is 24.6 Å². The largest absolute Gasteiger partial charge is 0.463 e. The summed E-state index contributed by atoms with van der Waals surface area (Å²) >= 11 is 0. The quantitative estimate of drug-likeness (QED) is 0.492. The van der Waals surface area contributed by atoms with E-state index in [-0.39, 0.29) is 18.5 Å². The standard InChI is InChI=1S/C15H23N3O2/c1-10(2)20-14(19)7-8-17-15(16)18-13-6-5-11(3)12(4)9-13/h5-6,9-10H,7-8H2,1-4H3,(H3,16,17,18). The number of benzene rings is 1. The molecule has 1 rings (SSSR count). The number of aliphatic imine (C=N–C) groups is 1. The molecule has 0 bridgehead atoms. The van der Waals surface area contributed by atoms with E-state index in [9.17, 15) is 4.79 Å². The molecule has 0 saturated heterocycles. The molecule has 0 aliphatic rings. The fourth-order valence-electron chi connectivity index (χ4n) is 1.60. The second-order valence-electron chi connectivity index (χ2n) is 4.98. The van der Waals surface area contributed by atoms with Crippen molar-refractivity contribution in [3.8, 4) is 0 Å². The van der Waals surface area contributed by atoms with E-state index in [1.54, 1.807) is 0 Å². The Hall–Kier alpha value is -2.04. The van der Waals surface area contributed by atoms with Crippen molar-refractivity contribution < 1.29 is 9.53 Å². The predicted octanol–water partition coefficient (Wildman–Crippen LogP) is 2.37. The number of nitrogens with two attached hydrogens (primary N) is 1. The number of anilines is 1. The molecule has 0 heterocycles. The number of esters is 1. The minimum absolute atomic E-state index is 0.0996. The molecule has 3 N–H and O–H groups in total. The van der Waals surface area contributed by atoms with Gasteiger partial charge in [-0.05, 0) is 51.0 Å². The highest BCUT2D eigenvalue weighted by molar-refractivity contribution is 5.92. The molecule has 0 spiro atoms. The molecule has 0 radical (unpaired) electrons. The van der Waals surface area contributed by atoms with Crippen LogP contribution in [0.5, 0.6) is 0 Å². The van der Waals surface area contributed by atoms with Crippen LogP contribution in [0.4, 0.5) is 5.69 Å². The van der Waals surface area contributed by atoms with Gasteiger partial charge in [0, 0.05) is 5.69 Å². The molecule has 0 saturated carbocycles. The van der Waals surface area contributed by atoms with Gasteiger partial charge in [0.05, 0.1) is 19.1 Å². The Kier molecular flexibility index (Phi) is 6.03. The number of nitrogens with zero attached hydrogens (tertiary/aromatic N) is 1. The average Bonchev–Trinajstić information content (AvgIpc) is 2.33. The molecule has 0 amide bonds. The van der Waals surface area contributed by atoms with E-state index in [0.717, 1.165) is 5.69 Å². The molecule has 1 aromatic carbocycles. The van der Waals surface area contributed by atoms with Crippen molar-refractivity contribution >= 4 is 17.6 Å². The topological polar surface area (TPSA) is 76.7 Å². The van der Waals surface area contributed by atoms with Gasteiger partial charge in [0.15, 0.2) is 5.96 Å². The summed E-state index contributed by atoms with van der Waals surface area (Å²) < 4.78 is 5.01. The second kappa shape index (κ2) is 7.53. The van der Waals surface area contributed by atoms with Gasteiger partial charge >= 0.3 is 5.97 Å². The van der Waals surface area contributed by atoms with E-state index < -0.39 is 0 Å². The molecule has 1 aromatic rings. The molecule has 0 unspecified atom stereocenters. The first-order chi connectivity index (χ1) is 9.38. The molecule has 0 fully saturated rings. The molecule has 5 nitrogen and oxygen atoms in total. The summed E-state index contributed by atoms with van der Waals surface area (Å²) in [6.45, 7) is 8.04. The maximum absolute atomic E-state index is 11.3. The lowest BCUT2D eigenvalue weighted by atomic mass is 10.1. The first-order valence-electron chi connectivity index (χ1n) is 6.72. The van der Waals surface area contributed by atoms with E-state index in [1.165, 1.54) is 11.1 Å². The maximum atomic E-state index is 11.3. The van der Waals surface area contributed by atoms with Crippen molar-refractivity contribution in [1.82, 2.24) is 0 Å². The van der Waals surface area contributed by atoms with Crippen molar-refractivity contribution in [2.24, 2.45) is 10.7 Å². The van der Waals surface area contributed by atoms with Crippen LogP contribution < -0.4 is 11.1 Å². The van der Waals surface area contributed by atoms with Gasteiger partial charge in [0.2, 0.25) is 0 Å².